The van der Waals surface area contributed by atoms with Crippen molar-refractivity contribution in [3.63, 3.8) is 0 Å². The van der Waals surface area contributed by atoms with Crippen molar-refractivity contribution in [2.24, 2.45) is 0 Å². The summed E-state index contributed by atoms with van der Waals surface area (Å²) in [5.74, 6) is 3.20. The van der Waals surface area contributed by atoms with Crippen LogP contribution in [0.25, 0.3) is 0 Å². The summed E-state index contributed by atoms with van der Waals surface area (Å²) in [5.41, 5.74) is 5.96. The highest BCUT2D eigenvalue weighted by Crippen LogP contribution is 2.39. The van der Waals surface area contributed by atoms with Crippen LogP contribution >= 0.6 is 0 Å². The fraction of sp³-hybridized carbons (Fsp3) is 0.733. The van der Waals surface area contributed by atoms with Crippen LogP contribution in [0.1, 0.15) is 43.8 Å². The monoisotopic (exact) mass is 273 g/mol. The van der Waals surface area contributed by atoms with E-state index < -0.39 is 0 Å². The van der Waals surface area contributed by atoms with E-state index in [9.17, 15) is 0 Å². The molecule has 1 aliphatic carbocycles. The highest BCUT2D eigenvalue weighted by atomic mass is 15.3. The van der Waals surface area contributed by atoms with Gasteiger partial charge in [-0.25, -0.2) is 9.97 Å². The van der Waals surface area contributed by atoms with Gasteiger partial charge in [0.15, 0.2) is 0 Å². The van der Waals surface area contributed by atoms with Crippen LogP contribution in [-0.2, 0) is 0 Å². The van der Waals surface area contributed by atoms with Crippen LogP contribution in [0.15, 0.2) is 6.07 Å². The molecule has 1 unspecified atom stereocenters. The minimum atomic E-state index is 0.564. The second-order valence-corrected chi connectivity index (χ2v) is 6.42. The Morgan fingerprint density at radius 3 is 2.60 bits per heavy atom. The van der Waals surface area contributed by atoms with Gasteiger partial charge in [-0.15, -0.1) is 0 Å². The van der Waals surface area contributed by atoms with Gasteiger partial charge in [0.25, 0.3) is 0 Å². The molecule has 4 rings (SSSR count). The van der Waals surface area contributed by atoms with Gasteiger partial charge in [-0.05, 0) is 45.2 Å². The Hall–Kier alpha value is -1.36. The molecule has 0 bridgehead atoms. The van der Waals surface area contributed by atoms with Crippen molar-refractivity contribution >= 4 is 11.6 Å². The number of nitrogens with two attached hydrogens (primary N) is 1. The molecule has 1 saturated carbocycles. The number of nitrogens with zero attached hydrogens (tertiary/aromatic N) is 4. The Bertz CT molecular complexity index is 493. The van der Waals surface area contributed by atoms with E-state index in [1.54, 1.807) is 0 Å². The number of rotatable bonds is 3. The molecular weight excluding hydrogens is 250 g/mol. The maximum atomic E-state index is 5.96. The van der Waals surface area contributed by atoms with E-state index in [-0.39, 0.29) is 0 Å². The van der Waals surface area contributed by atoms with E-state index in [1.165, 1.54) is 45.2 Å². The Morgan fingerprint density at radius 1 is 1.05 bits per heavy atom. The van der Waals surface area contributed by atoms with E-state index in [4.69, 9.17) is 10.7 Å². The maximum absolute atomic E-state index is 5.96. The van der Waals surface area contributed by atoms with E-state index in [0.29, 0.717) is 17.8 Å². The molecule has 5 heteroatoms. The summed E-state index contributed by atoms with van der Waals surface area (Å²) in [7, 11) is 0. The fourth-order valence-electron chi connectivity index (χ4n) is 3.51. The molecular formula is C15H23N5. The normalized spacial score (nSPS) is 27.4. The van der Waals surface area contributed by atoms with E-state index in [2.05, 4.69) is 14.8 Å². The maximum Gasteiger partial charge on any atom is 0.136 e. The molecule has 5 nitrogen and oxygen atoms in total. The van der Waals surface area contributed by atoms with Crippen molar-refractivity contribution in [2.45, 2.75) is 44.1 Å². The molecule has 2 aliphatic heterocycles. The zero-order valence-electron chi connectivity index (χ0n) is 12.0. The van der Waals surface area contributed by atoms with Crippen LogP contribution in [0, 0.1) is 0 Å². The first kappa shape index (κ1) is 12.4. The van der Waals surface area contributed by atoms with Crippen LogP contribution < -0.4 is 10.6 Å². The summed E-state index contributed by atoms with van der Waals surface area (Å²) < 4.78 is 0. The molecule has 108 valence electrons. The van der Waals surface area contributed by atoms with Crippen LogP contribution in [0.4, 0.5) is 11.6 Å². The molecule has 2 N–H and O–H groups in total. The molecule has 2 saturated heterocycles. The molecule has 3 aliphatic rings. The zero-order chi connectivity index (χ0) is 13.5. The quantitative estimate of drug-likeness (QED) is 0.906. The van der Waals surface area contributed by atoms with Gasteiger partial charge in [-0.1, -0.05) is 0 Å². The zero-order valence-corrected chi connectivity index (χ0v) is 12.0. The highest BCUT2D eigenvalue weighted by Gasteiger charge is 2.32. The van der Waals surface area contributed by atoms with E-state index >= 15 is 0 Å². The minimum Gasteiger partial charge on any atom is -0.384 e. The lowest BCUT2D eigenvalue weighted by molar-refractivity contribution is 0.260. The molecule has 1 atom stereocenters. The van der Waals surface area contributed by atoms with Crippen molar-refractivity contribution in [1.29, 1.82) is 0 Å². The van der Waals surface area contributed by atoms with Crippen LogP contribution in [0.3, 0.4) is 0 Å². The van der Waals surface area contributed by atoms with Crippen molar-refractivity contribution in [3.05, 3.63) is 11.9 Å². The van der Waals surface area contributed by atoms with Gasteiger partial charge in [0.05, 0.1) is 0 Å². The van der Waals surface area contributed by atoms with E-state index in [0.717, 1.165) is 24.7 Å². The lowest BCUT2D eigenvalue weighted by Crippen LogP contribution is -2.35. The van der Waals surface area contributed by atoms with Crippen LogP contribution in [0.2, 0.25) is 0 Å². The van der Waals surface area contributed by atoms with Crippen molar-refractivity contribution in [2.75, 3.05) is 36.8 Å². The summed E-state index contributed by atoms with van der Waals surface area (Å²) >= 11 is 0. The molecule has 1 aromatic rings. The Labute approximate surface area is 120 Å². The standard InChI is InChI=1S/C15H23N5/c16-13-9-14(18-15(17-13)11-3-4-11)20-8-5-12(10-20)19-6-1-2-7-19/h9,11-12H,1-8,10H2,(H2,16,17,18). The van der Waals surface area contributed by atoms with Gasteiger partial charge in [0.1, 0.15) is 17.5 Å². The number of hydrogen-bond donors (Lipinski definition) is 1. The highest BCUT2D eigenvalue weighted by molar-refractivity contribution is 5.48. The first-order valence-electron chi connectivity index (χ1n) is 7.93. The minimum absolute atomic E-state index is 0.564. The third-order valence-corrected chi connectivity index (χ3v) is 4.84. The van der Waals surface area contributed by atoms with Gasteiger partial charge in [0.2, 0.25) is 0 Å². The van der Waals surface area contributed by atoms with Crippen molar-refractivity contribution in [1.82, 2.24) is 14.9 Å². The number of aromatic nitrogens is 2. The number of likely N-dealkylation sites (tertiary alicyclic amines) is 1. The topological polar surface area (TPSA) is 58.3 Å². The first-order valence-corrected chi connectivity index (χ1v) is 7.93. The number of anilines is 2. The molecule has 0 spiro atoms. The van der Waals surface area contributed by atoms with Crippen LogP contribution in [0.5, 0.6) is 0 Å². The molecule has 0 amide bonds. The Morgan fingerprint density at radius 2 is 1.85 bits per heavy atom. The van der Waals surface area contributed by atoms with Gasteiger partial charge in [0, 0.05) is 31.1 Å². The van der Waals surface area contributed by atoms with Crippen LogP contribution in [-0.4, -0.2) is 47.1 Å². The van der Waals surface area contributed by atoms with E-state index in [1.807, 2.05) is 6.07 Å². The predicted molar refractivity (Wildman–Crippen MR) is 79.8 cm³/mol. The summed E-state index contributed by atoms with van der Waals surface area (Å²) in [4.78, 5) is 14.2. The number of nitrogen functional groups attached to an aromatic ring is 1. The van der Waals surface area contributed by atoms with Gasteiger partial charge in [-0.2, -0.15) is 0 Å². The molecule has 0 radical (unpaired) electrons. The summed E-state index contributed by atoms with van der Waals surface area (Å²) in [5, 5.41) is 0. The number of hydrogen-bond acceptors (Lipinski definition) is 5. The lowest BCUT2D eigenvalue weighted by Gasteiger charge is -2.24. The SMILES string of the molecule is Nc1cc(N2CCC(N3CCCC3)C2)nc(C2CC2)n1. The second-order valence-electron chi connectivity index (χ2n) is 6.42. The second kappa shape index (κ2) is 4.88. The Balaban J connectivity index is 1.50. The van der Waals surface area contributed by atoms with Crippen molar-refractivity contribution < 1.29 is 0 Å². The molecule has 20 heavy (non-hydrogen) atoms. The average molecular weight is 273 g/mol. The fourth-order valence-corrected chi connectivity index (χ4v) is 3.51. The summed E-state index contributed by atoms with van der Waals surface area (Å²) in [6.07, 6.45) is 6.42. The third kappa shape index (κ3) is 2.35. The lowest BCUT2D eigenvalue weighted by atomic mass is 10.2. The third-order valence-electron chi connectivity index (χ3n) is 4.84. The molecule has 3 fully saturated rings. The first-order chi connectivity index (χ1) is 9.79. The van der Waals surface area contributed by atoms with Gasteiger partial charge in [-0.3, -0.25) is 4.90 Å². The van der Waals surface area contributed by atoms with Gasteiger partial charge >= 0.3 is 0 Å². The molecule has 1 aromatic heterocycles. The molecule has 3 heterocycles. The summed E-state index contributed by atoms with van der Waals surface area (Å²) in [6.45, 7) is 4.75. The smallest absolute Gasteiger partial charge is 0.136 e. The Kier molecular flexibility index (Phi) is 3.02. The molecule has 0 aromatic carbocycles. The predicted octanol–water partition coefficient (Wildman–Crippen LogP) is 1.61. The average Bonchev–Trinajstić information content (AvgIpc) is 2.96. The van der Waals surface area contributed by atoms with Gasteiger partial charge < -0.3 is 10.6 Å². The largest absolute Gasteiger partial charge is 0.384 e. The van der Waals surface area contributed by atoms with Crippen molar-refractivity contribution in [3.8, 4) is 0 Å². The summed E-state index contributed by atoms with van der Waals surface area (Å²) in [6, 6.07) is 2.65.